The van der Waals surface area contributed by atoms with Gasteiger partial charge in [-0.25, -0.2) is 9.97 Å². The first-order valence-electron chi connectivity index (χ1n) is 6.30. The van der Waals surface area contributed by atoms with Crippen molar-refractivity contribution in [2.45, 2.75) is 52.5 Å². The van der Waals surface area contributed by atoms with Gasteiger partial charge in [0.05, 0.1) is 0 Å². The minimum Gasteiger partial charge on any atom is -0.366 e. The summed E-state index contributed by atoms with van der Waals surface area (Å²) < 4.78 is 0. The summed E-state index contributed by atoms with van der Waals surface area (Å²) in [5, 5.41) is 4.13. The van der Waals surface area contributed by atoms with Crippen LogP contribution in [0.2, 0.25) is 5.15 Å². The second-order valence-electron chi connectivity index (χ2n) is 5.42. The van der Waals surface area contributed by atoms with Gasteiger partial charge in [-0.1, -0.05) is 38.8 Å². The van der Waals surface area contributed by atoms with Crippen LogP contribution in [-0.4, -0.2) is 16.0 Å². The molecule has 1 fully saturated rings. The molecule has 0 saturated heterocycles. The number of nitrogens with one attached hydrogen (secondary N) is 1. The van der Waals surface area contributed by atoms with Gasteiger partial charge < -0.3 is 5.32 Å². The van der Waals surface area contributed by atoms with Crippen molar-refractivity contribution in [2.75, 3.05) is 5.32 Å². The average molecular weight is 254 g/mol. The van der Waals surface area contributed by atoms with Gasteiger partial charge >= 0.3 is 0 Å². The molecule has 0 aromatic carbocycles. The van der Waals surface area contributed by atoms with Gasteiger partial charge in [-0.05, 0) is 24.7 Å². The summed E-state index contributed by atoms with van der Waals surface area (Å²) in [5.74, 6) is 0.910. The summed E-state index contributed by atoms with van der Waals surface area (Å²) in [5.41, 5.74) is 1.36. The van der Waals surface area contributed by atoms with Crippen molar-refractivity contribution in [1.29, 1.82) is 0 Å². The fourth-order valence-corrected chi connectivity index (χ4v) is 2.85. The Morgan fingerprint density at radius 2 is 2.24 bits per heavy atom. The predicted octanol–water partition coefficient (Wildman–Crippen LogP) is 3.68. The summed E-state index contributed by atoms with van der Waals surface area (Å²) in [6.45, 7) is 6.70. The van der Waals surface area contributed by atoms with Crippen molar-refractivity contribution in [3.05, 3.63) is 17.0 Å². The Bertz CT molecular complexity index is 404. The molecule has 1 aliphatic carbocycles. The number of rotatable bonds is 3. The van der Waals surface area contributed by atoms with Crippen molar-refractivity contribution < 1.29 is 0 Å². The van der Waals surface area contributed by atoms with Crippen LogP contribution in [0.15, 0.2) is 6.33 Å². The van der Waals surface area contributed by atoms with Gasteiger partial charge in [0, 0.05) is 11.6 Å². The van der Waals surface area contributed by atoms with Crippen LogP contribution in [0.1, 0.15) is 45.6 Å². The molecule has 0 aliphatic heterocycles. The Hall–Kier alpha value is -0.830. The van der Waals surface area contributed by atoms with Crippen molar-refractivity contribution >= 4 is 17.4 Å². The highest BCUT2D eigenvalue weighted by atomic mass is 35.5. The lowest BCUT2D eigenvalue weighted by molar-refractivity contribution is 0.349. The molecule has 3 nitrogen and oxygen atoms in total. The smallest absolute Gasteiger partial charge is 0.137 e. The molecule has 1 saturated carbocycles. The molecule has 4 heteroatoms. The largest absolute Gasteiger partial charge is 0.366 e. The molecule has 1 unspecified atom stereocenters. The molecule has 0 spiro atoms. The van der Waals surface area contributed by atoms with E-state index in [2.05, 4.69) is 36.1 Å². The summed E-state index contributed by atoms with van der Waals surface area (Å²) in [6, 6.07) is 0.485. The molecule has 0 amide bonds. The minimum absolute atomic E-state index is 0.336. The van der Waals surface area contributed by atoms with Gasteiger partial charge in [0.2, 0.25) is 0 Å². The molecule has 1 heterocycles. The van der Waals surface area contributed by atoms with Gasteiger partial charge in [0.15, 0.2) is 0 Å². The van der Waals surface area contributed by atoms with Crippen LogP contribution in [0.5, 0.6) is 0 Å². The van der Waals surface area contributed by atoms with E-state index in [0.717, 1.165) is 17.8 Å². The SMILES string of the molecule is CCc1c(Cl)ncnc1NC1CCCC1(C)C. The second-order valence-corrected chi connectivity index (χ2v) is 5.78. The van der Waals surface area contributed by atoms with Crippen LogP contribution < -0.4 is 5.32 Å². The van der Waals surface area contributed by atoms with Crippen LogP contribution >= 0.6 is 11.6 Å². The van der Waals surface area contributed by atoms with E-state index in [9.17, 15) is 0 Å². The fraction of sp³-hybridized carbons (Fsp3) is 0.692. The molecule has 0 radical (unpaired) electrons. The summed E-state index contributed by atoms with van der Waals surface area (Å²) in [7, 11) is 0. The van der Waals surface area contributed by atoms with E-state index in [4.69, 9.17) is 11.6 Å². The van der Waals surface area contributed by atoms with E-state index in [1.807, 2.05) is 0 Å². The Balaban J connectivity index is 2.21. The molecule has 0 bridgehead atoms. The third-order valence-corrected chi connectivity index (χ3v) is 4.14. The lowest BCUT2D eigenvalue weighted by Crippen LogP contribution is -2.31. The second kappa shape index (κ2) is 4.81. The standard InChI is InChI=1S/C13H20ClN3/c1-4-9-11(14)15-8-16-12(9)17-10-6-5-7-13(10,2)3/h8,10H,4-7H2,1-3H3,(H,15,16,17). The highest BCUT2D eigenvalue weighted by Gasteiger charge is 2.34. The summed E-state index contributed by atoms with van der Waals surface area (Å²) in [6.07, 6.45) is 6.15. The lowest BCUT2D eigenvalue weighted by atomic mass is 9.87. The van der Waals surface area contributed by atoms with Crippen LogP contribution in [0, 0.1) is 5.41 Å². The van der Waals surface area contributed by atoms with E-state index in [1.165, 1.54) is 25.6 Å². The Kier molecular flexibility index (Phi) is 3.57. The van der Waals surface area contributed by atoms with E-state index in [1.54, 1.807) is 0 Å². The van der Waals surface area contributed by atoms with E-state index in [0.29, 0.717) is 16.6 Å². The summed E-state index contributed by atoms with van der Waals surface area (Å²) >= 11 is 6.09. The number of hydrogen-bond donors (Lipinski definition) is 1. The quantitative estimate of drug-likeness (QED) is 0.835. The first-order valence-corrected chi connectivity index (χ1v) is 6.68. The molecule has 2 rings (SSSR count). The van der Waals surface area contributed by atoms with E-state index in [-0.39, 0.29) is 0 Å². The van der Waals surface area contributed by atoms with Crippen molar-refractivity contribution in [3.8, 4) is 0 Å². The van der Waals surface area contributed by atoms with Crippen LogP contribution in [0.4, 0.5) is 5.82 Å². The zero-order valence-corrected chi connectivity index (χ0v) is 11.5. The van der Waals surface area contributed by atoms with Crippen LogP contribution in [0.25, 0.3) is 0 Å². The maximum absolute atomic E-state index is 6.09. The average Bonchev–Trinajstić information content (AvgIpc) is 2.59. The molecular weight excluding hydrogens is 234 g/mol. The summed E-state index contributed by atoms with van der Waals surface area (Å²) in [4.78, 5) is 8.37. The highest BCUT2D eigenvalue weighted by molar-refractivity contribution is 6.30. The normalized spacial score (nSPS) is 22.7. The number of anilines is 1. The Morgan fingerprint density at radius 3 is 2.82 bits per heavy atom. The fourth-order valence-electron chi connectivity index (χ4n) is 2.59. The Morgan fingerprint density at radius 1 is 1.47 bits per heavy atom. The van der Waals surface area contributed by atoms with Gasteiger partial charge in [0.1, 0.15) is 17.3 Å². The third-order valence-electron chi connectivity index (χ3n) is 3.81. The van der Waals surface area contributed by atoms with E-state index >= 15 is 0 Å². The molecule has 1 aliphatic rings. The first-order chi connectivity index (χ1) is 8.04. The molecule has 1 atom stereocenters. The van der Waals surface area contributed by atoms with Gasteiger partial charge in [0.25, 0.3) is 0 Å². The maximum Gasteiger partial charge on any atom is 0.137 e. The maximum atomic E-state index is 6.09. The van der Waals surface area contributed by atoms with Crippen molar-refractivity contribution in [1.82, 2.24) is 9.97 Å². The van der Waals surface area contributed by atoms with Gasteiger partial charge in [-0.3, -0.25) is 0 Å². The Labute approximate surface area is 108 Å². The first kappa shape index (κ1) is 12.6. The zero-order valence-electron chi connectivity index (χ0n) is 10.8. The highest BCUT2D eigenvalue weighted by Crippen LogP contribution is 2.39. The number of nitrogens with zero attached hydrogens (tertiary/aromatic N) is 2. The topological polar surface area (TPSA) is 37.8 Å². The predicted molar refractivity (Wildman–Crippen MR) is 71.5 cm³/mol. The molecule has 17 heavy (non-hydrogen) atoms. The zero-order chi connectivity index (χ0) is 12.5. The third kappa shape index (κ3) is 2.54. The molecular formula is C13H20ClN3. The minimum atomic E-state index is 0.336. The van der Waals surface area contributed by atoms with Gasteiger partial charge in [-0.2, -0.15) is 0 Å². The molecule has 1 aromatic heterocycles. The van der Waals surface area contributed by atoms with Crippen LogP contribution in [0.3, 0.4) is 0 Å². The van der Waals surface area contributed by atoms with Crippen molar-refractivity contribution in [2.24, 2.45) is 5.41 Å². The van der Waals surface area contributed by atoms with Gasteiger partial charge in [-0.15, -0.1) is 0 Å². The number of hydrogen-bond acceptors (Lipinski definition) is 3. The van der Waals surface area contributed by atoms with E-state index < -0.39 is 0 Å². The molecule has 1 aromatic rings. The monoisotopic (exact) mass is 253 g/mol. The molecule has 94 valence electrons. The molecule has 1 N–H and O–H groups in total. The number of halogens is 1. The van der Waals surface area contributed by atoms with Crippen LogP contribution in [-0.2, 0) is 6.42 Å². The number of aromatic nitrogens is 2. The van der Waals surface area contributed by atoms with Crippen molar-refractivity contribution in [3.63, 3.8) is 0 Å². The lowest BCUT2D eigenvalue weighted by Gasteiger charge is -2.29.